The van der Waals surface area contributed by atoms with Crippen LogP contribution >= 0.6 is 15.9 Å². The minimum atomic E-state index is -1.38. The number of amides is 2. The molecule has 2 amide bonds. The van der Waals surface area contributed by atoms with Crippen molar-refractivity contribution in [3.63, 3.8) is 0 Å². The normalized spacial score (nSPS) is 10.5. The van der Waals surface area contributed by atoms with Gasteiger partial charge in [0.2, 0.25) is 5.88 Å². The van der Waals surface area contributed by atoms with Crippen molar-refractivity contribution >= 4 is 39.4 Å². The van der Waals surface area contributed by atoms with E-state index in [4.69, 9.17) is 5.11 Å². The first kappa shape index (κ1) is 23.5. The number of carboxylic acid groups (broad SMARTS) is 1. The fraction of sp³-hybridized carbons (Fsp3) is 0.0952. The van der Waals surface area contributed by atoms with Gasteiger partial charge in [-0.3, -0.25) is 28.7 Å². The van der Waals surface area contributed by atoms with E-state index in [2.05, 4.69) is 26.2 Å². The minimum Gasteiger partial charge on any atom is -0.506 e. The van der Waals surface area contributed by atoms with Crippen LogP contribution in [0.15, 0.2) is 58.1 Å². The van der Waals surface area contributed by atoms with Gasteiger partial charge in [-0.05, 0) is 23.8 Å². The molecule has 0 unspecified atom stereocenters. The number of pyridine rings is 2. The molecule has 0 aliphatic carbocycles. The molecule has 2 aromatic heterocycles. The van der Waals surface area contributed by atoms with Crippen LogP contribution in [0, 0.1) is 0 Å². The van der Waals surface area contributed by atoms with Crippen LogP contribution in [0.5, 0.6) is 11.6 Å². The van der Waals surface area contributed by atoms with Crippen LogP contribution in [-0.4, -0.2) is 49.2 Å². The van der Waals surface area contributed by atoms with Crippen LogP contribution in [0.25, 0.3) is 0 Å². The molecule has 0 fully saturated rings. The van der Waals surface area contributed by atoms with E-state index in [0.29, 0.717) is 10.0 Å². The Hall–Kier alpha value is -4.19. The molecule has 0 radical (unpaired) electrons. The van der Waals surface area contributed by atoms with Crippen LogP contribution in [0.2, 0.25) is 0 Å². The topological polar surface area (TPSA) is 171 Å². The molecule has 5 N–H and O–H groups in total. The molecule has 33 heavy (non-hydrogen) atoms. The highest BCUT2D eigenvalue weighted by Gasteiger charge is 2.30. The van der Waals surface area contributed by atoms with Crippen LogP contribution < -0.4 is 16.2 Å². The van der Waals surface area contributed by atoms with Gasteiger partial charge in [-0.15, -0.1) is 0 Å². The first-order chi connectivity index (χ1) is 15.7. The molecule has 170 valence electrons. The number of halogens is 1. The van der Waals surface area contributed by atoms with E-state index < -0.39 is 52.6 Å². The van der Waals surface area contributed by atoms with Crippen molar-refractivity contribution in [2.75, 3.05) is 11.9 Å². The first-order valence-electron chi connectivity index (χ1n) is 9.34. The minimum absolute atomic E-state index is 0.212. The van der Waals surface area contributed by atoms with Crippen LogP contribution in [-0.2, 0) is 11.3 Å². The lowest BCUT2D eigenvalue weighted by atomic mass is 10.1. The second-order valence-corrected chi connectivity index (χ2v) is 7.53. The van der Waals surface area contributed by atoms with Crippen molar-refractivity contribution in [3.8, 4) is 11.6 Å². The molecule has 1 aromatic carbocycles. The van der Waals surface area contributed by atoms with E-state index in [1.807, 2.05) is 5.32 Å². The number of hydrogen-bond donors (Lipinski definition) is 5. The fourth-order valence-corrected chi connectivity index (χ4v) is 3.34. The van der Waals surface area contributed by atoms with Gasteiger partial charge in [-0.25, -0.2) is 0 Å². The summed E-state index contributed by atoms with van der Waals surface area (Å²) >= 11 is 3.32. The smallest absolute Gasteiger partial charge is 0.322 e. The molecule has 3 rings (SSSR count). The van der Waals surface area contributed by atoms with Crippen molar-refractivity contribution in [2.45, 2.75) is 6.54 Å². The molecule has 0 atom stereocenters. The molecule has 12 heteroatoms. The zero-order chi connectivity index (χ0) is 24.1. The lowest BCUT2D eigenvalue weighted by Gasteiger charge is -2.17. The van der Waals surface area contributed by atoms with Gasteiger partial charge >= 0.3 is 5.97 Å². The van der Waals surface area contributed by atoms with Crippen molar-refractivity contribution in [2.24, 2.45) is 0 Å². The summed E-state index contributed by atoms with van der Waals surface area (Å²) in [5, 5.41) is 34.5. The van der Waals surface area contributed by atoms with Gasteiger partial charge in [-0.1, -0.05) is 34.1 Å². The highest BCUT2D eigenvalue weighted by Crippen LogP contribution is 2.30. The summed E-state index contributed by atoms with van der Waals surface area (Å²) in [6.07, 6.45) is 2.76. The molecule has 2 heterocycles. The number of nitrogens with zero attached hydrogens (tertiary/aromatic N) is 2. The Labute approximate surface area is 194 Å². The Bertz CT molecular complexity index is 1290. The molecule has 3 aromatic rings. The third-order valence-electron chi connectivity index (χ3n) is 4.47. The predicted octanol–water partition coefficient (Wildman–Crippen LogP) is 1.53. The van der Waals surface area contributed by atoms with E-state index >= 15 is 0 Å². The zero-order valence-corrected chi connectivity index (χ0v) is 18.4. The van der Waals surface area contributed by atoms with Gasteiger partial charge in [0.25, 0.3) is 17.4 Å². The second kappa shape index (κ2) is 9.96. The maximum atomic E-state index is 13.1. The summed E-state index contributed by atoms with van der Waals surface area (Å²) in [5.41, 5.74) is -1.97. The molecular formula is C21H17BrN4O7. The number of aromatic hydroxyl groups is 2. The number of benzene rings is 1. The number of nitrogens with one attached hydrogen (secondary N) is 2. The maximum Gasteiger partial charge on any atom is 0.322 e. The number of carboxylic acids is 1. The number of aromatic nitrogens is 2. The SMILES string of the molecule is O=C(O)CNC(=O)c1c(O)c(C(=O)Nc2cccnc2)c(=O)n(Cc2ccccc2Br)c1O. The van der Waals surface area contributed by atoms with E-state index in [-0.39, 0.29) is 12.2 Å². The number of aliphatic carboxylic acids is 1. The monoisotopic (exact) mass is 516 g/mol. The largest absolute Gasteiger partial charge is 0.506 e. The summed E-state index contributed by atoms with van der Waals surface area (Å²) in [7, 11) is 0. The Morgan fingerprint density at radius 3 is 2.39 bits per heavy atom. The van der Waals surface area contributed by atoms with Crippen LogP contribution in [0.4, 0.5) is 5.69 Å². The number of rotatable bonds is 7. The van der Waals surface area contributed by atoms with Crippen LogP contribution in [0.1, 0.15) is 26.3 Å². The summed E-state index contributed by atoms with van der Waals surface area (Å²) in [6.45, 7) is -1.09. The van der Waals surface area contributed by atoms with E-state index in [1.165, 1.54) is 24.5 Å². The summed E-state index contributed by atoms with van der Waals surface area (Å²) in [5.74, 6) is -5.65. The van der Waals surface area contributed by atoms with Crippen molar-refractivity contribution in [1.29, 1.82) is 0 Å². The first-order valence-corrected chi connectivity index (χ1v) is 10.1. The van der Waals surface area contributed by atoms with Crippen molar-refractivity contribution < 1.29 is 29.7 Å². The van der Waals surface area contributed by atoms with Crippen molar-refractivity contribution in [3.05, 3.63) is 80.3 Å². The molecule has 0 saturated carbocycles. The molecule has 0 saturated heterocycles. The molecule has 0 aliphatic rings. The standard InChI is InChI=1S/C21H17BrN4O7/c22-13-6-2-1-4-11(13)10-26-20(32)15(18(30)24-9-14(27)28)17(29)16(21(26)33)19(31)25-12-5-3-7-23-8-12/h1-8,29,32H,9-10H2,(H,24,30)(H,25,31)(H,27,28). The highest BCUT2D eigenvalue weighted by atomic mass is 79.9. The predicted molar refractivity (Wildman–Crippen MR) is 119 cm³/mol. The number of anilines is 1. The third-order valence-corrected chi connectivity index (χ3v) is 5.25. The Balaban J connectivity index is 2.16. The summed E-state index contributed by atoms with van der Waals surface area (Å²) < 4.78 is 1.32. The summed E-state index contributed by atoms with van der Waals surface area (Å²) in [6, 6.07) is 9.76. The lowest BCUT2D eigenvalue weighted by molar-refractivity contribution is -0.135. The van der Waals surface area contributed by atoms with Gasteiger partial charge < -0.3 is 26.0 Å². The van der Waals surface area contributed by atoms with Gasteiger partial charge in [-0.2, -0.15) is 0 Å². The van der Waals surface area contributed by atoms with Gasteiger partial charge in [0, 0.05) is 10.7 Å². The average Bonchev–Trinajstić information content (AvgIpc) is 2.77. The zero-order valence-electron chi connectivity index (χ0n) is 16.8. The van der Waals surface area contributed by atoms with Crippen LogP contribution in [0.3, 0.4) is 0 Å². The van der Waals surface area contributed by atoms with E-state index in [1.54, 1.807) is 24.3 Å². The van der Waals surface area contributed by atoms with E-state index in [9.17, 15) is 29.4 Å². The Kier molecular flexibility index (Phi) is 7.08. The quantitative estimate of drug-likeness (QED) is 0.314. The number of hydrogen-bond acceptors (Lipinski definition) is 7. The van der Waals surface area contributed by atoms with Crippen molar-refractivity contribution in [1.82, 2.24) is 14.9 Å². The fourth-order valence-electron chi connectivity index (χ4n) is 2.93. The second-order valence-electron chi connectivity index (χ2n) is 6.68. The average molecular weight is 517 g/mol. The molecule has 0 spiro atoms. The molecule has 0 bridgehead atoms. The Morgan fingerprint density at radius 1 is 1.03 bits per heavy atom. The molecular weight excluding hydrogens is 500 g/mol. The number of carbonyl (C=O) groups excluding carboxylic acids is 2. The maximum absolute atomic E-state index is 13.1. The van der Waals surface area contributed by atoms with Gasteiger partial charge in [0.1, 0.15) is 17.7 Å². The van der Waals surface area contributed by atoms with Gasteiger partial charge in [0.05, 0.1) is 18.4 Å². The summed E-state index contributed by atoms with van der Waals surface area (Å²) in [4.78, 5) is 53.2. The van der Waals surface area contributed by atoms with Gasteiger partial charge in [0.15, 0.2) is 5.75 Å². The number of carbonyl (C=O) groups is 3. The highest BCUT2D eigenvalue weighted by molar-refractivity contribution is 9.10. The lowest BCUT2D eigenvalue weighted by Crippen LogP contribution is -2.34. The Morgan fingerprint density at radius 2 is 1.76 bits per heavy atom. The third kappa shape index (κ3) is 5.18. The van der Waals surface area contributed by atoms with E-state index in [0.717, 1.165) is 4.57 Å². The molecule has 11 nitrogen and oxygen atoms in total. The molecule has 0 aliphatic heterocycles.